The van der Waals surface area contributed by atoms with Gasteiger partial charge in [-0.05, 0) is 51.1 Å². The minimum atomic E-state index is -0.212. The Morgan fingerprint density at radius 2 is 2.24 bits per heavy atom. The number of likely N-dealkylation sites (N-methyl/N-ethyl adjacent to an activating group) is 1. The summed E-state index contributed by atoms with van der Waals surface area (Å²) in [6.45, 7) is 6.92. The lowest BCUT2D eigenvalue weighted by molar-refractivity contribution is -0.0542. The third-order valence-corrected chi connectivity index (χ3v) is 4.36. The molecule has 3 nitrogen and oxygen atoms in total. The highest BCUT2D eigenvalue weighted by atomic mass is 35.5. The van der Waals surface area contributed by atoms with Crippen LogP contribution in [0.5, 0.6) is 0 Å². The Morgan fingerprint density at radius 1 is 1.48 bits per heavy atom. The monoisotopic (exact) mass is 314 g/mol. The van der Waals surface area contributed by atoms with Gasteiger partial charge in [-0.1, -0.05) is 11.6 Å². The standard InChI is InChI=1S/C16H24ClFN2O/c1-11(2)20-6-7-21-16(10-20)15(19-3)9-12-8-13(17)4-5-14(12)18/h4-5,8,11,15-16,19H,6-7,9-10H2,1-3H3. The van der Waals surface area contributed by atoms with Crippen LogP contribution in [-0.4, -0.2) is 49.8 Å². The number of nitrogens with one attached hydrogen (secondary N) is 1. The zero-order valence-electron chi connectivity index (χ0n) is 12.9. The van der Waals surface area contributed by atoms with Crippen molar-refractivity contribution in [2.45, 2.75) is 38.5 Å². The number of benzene rings is 1. The summed E-state index contributed by atoms with van der Waals surface area (Å²) in [4.78, 5) is 2.40. The molecule has 0 spiro atoms. The van der Waals surface area contributed by atoms with E-state index in [2.05, 4.69) is 24.1 Å². The van der Waals surface area contributed by atoms with E-state index in [0.29, 0.717) is 23.0 Å². The molecular formula is C16H24ClFN2O. The molecule has 1 aliphatic rings. The van der Waals surface area contributed by atoms with Crippen LogP contribution in [0.2, 0.25) is 5.02 Å². The Labute approximate surface area is 131 Å². The third-order valence-electron chi connectivity index (χ3n) is 4.12. The highest BCUT2D eigenvalue weighted by molar-refractivity contribution is 6.30. The molecule has 0 bridgehead atoms. The van der Waals surface area contributed by atoms with Crippen LogP contribution >= 0.6 is 11.6 Å². The molecule has 2 unspecified atom stereocenters. The zero-order chi connectivity index (χ0) is 15.4. The maximum atomic E-state index is 13.9. The summed E-state index contributed by atoms with van der Waals surface area (Å²) >= 11 is 5.97. The molecule has 1 saturated heterocycles. The summed E-state index contributed by atoms with van der Waals surface area (Å²) in [6, 6.07) is 5.26. The third kappa shape index (κ3) is 4.39. The van der Waals surface area contributed by atoms with Crippen molar-refractivity contribution in [1.29, 1.82) is 0 Å². The molecule has 1 N–H and O–H groups in total. The predicted octanol–water partition coefficient (Wildman–Crippen LogP) is 2.72. The van der Waals surface area contributed by atoms with Crippen LogP contribution in [0.3, 0.4) is 0 Å². The number of hydrogen-bond donors (Lipinski definition) is 1. The van der Waals surface area contributed by atoms with Gasteiger partial charge in [-0.15, -0.1) is 0 Å². The molecule has 1 aromatic rings. The fourth-order valence-electron chi connectivity index (χ4n) is 2.76. The van der Waals surface area contributed by atoms with Crippen molar-refractivity contribution in [2.24, 2.45) is 0 Å². The molecule has 1 aliphatic heterocycles. The van der Waals surface area contributed by atoms with Crippen molar-refractivity contribution in [1.82, 2.24) is 10.2 Å². The molecular weight excluding hydrogens is 291 g/mol. The van der Waals surface area contributed by atoms with Gasteiger partial charge in [0.25, 0.3) is 0 Å². The van der Waals surface area contributed by atoms with Crippen molar-refractivity contribution in [3.05, 3.63) is 34.6 Å². The molecule has 0 aromatic heterocycles. The molecule has 2 atom stereocenters. The fourth-order valence-corrected chi connectivity index (χ4v) is 2.96. The Kier molecular flexibility index (Phi) is 5.99. The summed E-state index contributed by atoms with van der Waals surface area (Å²) in [7, 11) is 1.89. The number of nitrogens with zero attached hydrogens (tertiary/aromatic N) is 1. The zero-order valence-corrected chi connectivity index (χ0v) is 13.7. The SMILES string of the molecule is CNC(Cc1cc(Cl)ccc1F)C1CN(C(C)C)CCO1. The molecule has 0 saturated carbocycles. The molecule has 0 radical (unpaired) electrons. The summed E-state index contributed by atoms with van der Waals surface area (Å²) in [6.07, 6.45) is 0.629. The average Bonchev–Trinajstić information content (AvgIpc) is 2.48. The minimum absolute atomic E-state index is 0.0598. The van der Waals surface area contributed by atoms with E-state index >= 15 is 0 Å². The van der Waals surface area contributed by atoms with E-state index in [1.54, 1.807) is 12.1 Å². The second-order valence-corrected chi connectivity index (χ2v) is 6.27. The normalized spacial score (nSPS) is 21.7. The number of ether oxygens (including phenoxy) is 1. The van der Waals surface area contributed by atoms with Gasteiger partial charge in [0.2, 0.25) is 0 Å². The van der Waals surface area contributed by atoms with Crippen molar-refractivity contribution in [3.8, 4) is 0 Å². The van der Waals surface area contributed by atoms with E-state index in [0.717, 1.165) is 19.7 Å². The number of rotatable bonds is 5. The van der Waals surface area contributed by atoms with E-state index in [4.69, 9.17) is 16.3 Å². The van der Waals surface area contributed by atoms with E-state index < -0.39 is 0 Å². The van der Waals surface area contributed by atoms with Crippen LogP contribution in [0.4, 0.5) is 4.39 Å². The second-order valence-electron chi connectivity index (χ2n) is 5.83. The van der Waals surface area contributed by atoms with Crippen molar-refractivity contribution in [3.63, 3.8) is 0 Å². The van der Waals surface area contributed by atoms with Gasteiger partial charge in [-0.3, -0.25) is 4.90 Å². The molecule has 118 valence electrons. The van der Waals surface area contributed by atoms with Crippen molar-refractivity contribution in [2.75, 3.05) is 26.7 Å². The summed E-state index contributed by atoms with van der Waals surface area (Å²) < 4.78 is 19.8. The molecule has 21 heavy (non-hydrogen) atoms. The van der Waals surface area contributed by atoms with Gasteiger partial charge >= 0.3 is 0 Å². The molecule has 5 heteroatoms. The van der Waals surface area contributed by atoms with Gasteiger partial charge in [-0.2, -0.15) is 0 Å². The smallest absolute Gasteiger partial charge is 0.126 e. The Balaban J connectivity index is 2.07. The molecule has 1 aromatic carbocycles. The van der Waals surface area contributed by atoms with Crippen LogP contribution < -0.4 is 5.32 Å². The van der Waals surface area contributed by atoms with Crippen LogP contribution in [0.1, 0.15) is 19.4 Å². The Hall–Kier alpha value is -0.680. The summed E-state index contributed by atoms with van der Waals surface area (Å²) in [5, 5.41) is 3.83. The highest BCUT2D eigenvalue weighted by Crippen LogP contribution is 2.19. The highest BCUT2D eigenvalue weighted by Gasteiger charge is 2.29. The number of halogens is 2. The number of morpholine rings is 1. The quantitative estimate of drug-likeness (QED) is 0.904. The van der Waals surface area contributed by atoms with Crippen LogP contribution in [0.15, 0.2) is 18.2 Å². The van der Waals surface area contributed by atoms with E-state index in [1.165, 1.54) is 6.07 Å². The first-order chi connectivity index (χ1) is 10.0. The van der Waals surface area contributed by atoms with Gasteiger partial charge in [0.1, 0.15) is 5.82 Å². The molecule has 1 heterocycles. The first-order valence-electron chi connectivity index (χ1n) is 7.48. The van der Waals surface area contributed by atoms with Crippen LogP contribution in [0, 0.1) is 5.82 Å². The lowest BCUT2D eigenvalue weighted by Crippen LogP contribution is -2.53. The molecule has 0 amide bonds. The summed E-state index contributed by atoms with van der Waals surface area (Å²) in [5.74, 6) is -0.212. The van der Waals surface area contributed by atoms with Gasteiger partial charge in [-0.25, -0.2) is 4.39 Å². The molecule has 2 rings (SSSR count). The van der Waals surface area contributed by atoms with Crippen molar-refractivity contribution < 1.29 is 9.13 Å². The van der Waals surface area contributed by atoms with Crippen molar-refractivity contribution >= 4 is 11.6 Å². The van der Waals surface area contributed by atoms with Gasteiger partial charge in [0.15, 0.2) is 0 Å². The summed E-state index contributed by atoms with van der Waals surface area (Å²) in [5.41, 5.74) is 0.632. The average molecular weight is 315 g/mol. The topological polar surface area (TPSA) is 24.5 Å². The maximum Gasteiger partial charge on any atom is 0.126 e. The first kappa shape index (κ1) is 16.7. The van der Waals surface area contributed by atoms with Crippen LogP contribution in [0.25, 0.3) is 0 Å². The fraction of sp³-hybridized carbons (Fsp3) is 0.625. The number of hydrogen-bond acceptors (Lipinski definition) is 3. The largest absolute Gasteiger partial charge is 0.374 e. The van der Waals surface area contributed by atoms with E-state index in [9.17, 15) is 4.39 Å². The van der Waals surface area contributed by atoms with Gasteiger partial charge in [0, 0.05) is 30.2 Å². The van der Waals surface area contributed by atoms with Crippen LogP contribution in [-0.2, 0) is 11.2 Å². The first-order valence-corrected chi connectivity index (χ1v) is 7.86. The van der Waals surface area contributed by atoms with E-state index in [-0.39, 0.29) is 18.0 Å². The second kappa shape index (κ2) is 7.54. The Bertz CT molecular complexity index is 470. The molecule has 0 aliphatic carbocycles. The predicted molar refractivity (Wildman–Crippen MR) is 84.4 cm³/mol. The Morgan fingerprint density at radius 3 is 2.90 bits per heavy atom. The van der Waals surface area contributed by atoms with Gasteiger partial charge < -0.3 is 10.1 Å². The lowest BCUT2D eigenvalue weighted by Gasteiger charge is -2.39. The van der Waals surface area contributed by atoms with Gasteiger partial charge in [0.05, 0.1) is 12.7 Å². The van der Waals surface area contributed by atoms with E-state index in [1.807, 2.05) is 7.05 Å². The minimum Gasteiger partial charge on any atom is -0.374 e. The maximum absolute atomic E-state index is 13.9. The lowest BCUT2D eigenvalue weighted by atomic mass is 9.99. The molecule has 1 fully saturated rings.